The molecule has 0 aromatic carbocycles. The summed E-state index contributed by atoms with van der Waals surface area (Å²) in [5, 5.41) is 9.10. The van der Waals surface area contributed by atoms with Gasteiger partial charge in [-0.05, 0) is 46.2 Å². The van der Waals surface area contributed by atoms with Crippen LogP contribution in [0.1, 0.15) is 28.2 Å². The highest BCUT2D eigenvalue weighted by Crippen LogP contribution is 2.22. The number of aromatic nitrogens is 4. The topological polar surface area (TPSA) is 61.7 Å². The van der Waals surface area contributed by atoms with E-state index in [0.717, 1.165) is 29.3 Å². The molecule has 98 valence electrons. The van der Waals surface area contributed by atoms with Gasteiger partial charge in [0.25, 0.3) is 0 Å². The molecule has 5 heteroatoms. The van der Waals surface area contributed by atoms with E-state index in [4.69, 9.17) is 5.73 Å². The van der Waals surface area contributed by atoms with Crippen molar-refractivity contribution in [3.8, 4) is 5.82 Å². The Bertz CT molecular complexity index is 577. The number of hydrogen-bond acceptors (Lipinski definition) is 3. The largest absolute Gasteiger partial charge is 0.330 e. The zero-order valence-corrected chi connectivity index (χ0v) is 11.8. The summed E-state index contributed by atoms with van der Waals surface area (Å²) >= 11 is 0. The average molecular weight is 247 g/mol. The van der Waals surface area contributed by atoms with Gasteiger partial charge in [0.2, 0.25) is 0 Å². The fourth-order valence-corrected chi connectivity index (χ4v) is 2.32. The molecule has 0 bridgehead atoms. The van der Waals surface area contributed by atoms with Crippen LogP contribution in [0.4, 0.5) is 0 Å². The Morgan fingerprint density at radius 1 is 1.06 bits per heavy atom. The Hall–Kier alpha value is -1.62. The number of hydrogen-bond donors (Lipinski definition) is 1. The third-order valence-corrected chi connectivity index (χ3v) is 3.56. The van der Waals surface area contributed by atoms with Gasteiger partial charge in [-0.15, -0.1) is 0 Å². The molecule has 2 heterocycles. The standard InChI is InChI=1S/C13H21N5/c1-8-9(2)16-18(11(8)4)13-12(6-7-14)10(3)15-17(13)5/h6-7,14H2,1-5H3. The zero-order chi connectivity index (χ0) is 13.4. The molecule has 0 saturated carbocycles. The molecule has 0 aliphatic carbocycles. The molecule has 2 aromatic rings. The van der Waals surface area contributed by atoms with E-state index < -0.39 is 0 Å². The van der Waals surface area contributed by atoms with Gasteiger partial charge in [0.15, 0.2) is 5.82 Å². The molecule has 18 heavy (non-hydrogen) atoms. The second-order valence-electron chi connectivity index (χ2n) is 4.76. The third kappa shape index (κ3) is 1.84. The smallest absolute Gasteiger partial charge is 0.155 e. The van der Waals surface area contributed by atoms with E-state index in [1.807, 2.05) is 30.3 Å². The first kappa shape index (κ1) is 12.8. The van der Waals surface area contributed by atoms with Gasteiger partial charge in [0.1, 0.15) is 0 Å². The number of nitrogens with zero attached hydrogens (tertiary/aromatic N) is 4. The molecule has 2 aromatic heterocycles. The highest BCUT2D eigenvalue weighted by molar-refractivity contribution is 5.41. The van der Waals surface area contributed by atoms with Crippen LogP contribution >= 0.6 is 0 Å². The summed E-state index contributed by atoms with van der Waals surface area (Å²) in [5.41, 5.74) is 11.4. The fraction of sp³-hybridized carbons (Fsp3) is 0.538. The second kappa shape index (κ2) is 4.57. The Morgan fingerprint density at radius 2 is 1.72 bits per heavy atom. The van der Waals surface area contributed by atoms with E-state index in [1.54, 1.807) is 0 Å². The van der Waals surface area contributed by atoms with E-state index in [-0.39, 0.29) is 0 Å². The van der Waals surface area contributed by atoms with Crippen molar-refractivity contribution >= 4 is 0 Å². The minimum atomic E-state index is 0.623. The maximum atomic E-state index is 5.69. The highest BCUT2D eigenvalue weighted by Gasteiger charge is 2.18. The van der Waals surface area contributed by atoms with Gasteiger partial charge in [-0.25, -0.2) is 4.68 Å². The normalized spacial score (nSPS) is 11.2. The summed E-state index contributed by atoms with van der Waals surface area (Å²) in [6.45, 7) is 8.86. The lowest BCUT2D eigenvalue weighted by Crippen LogP contribution is -2.11. The molecular weight excluding hydrogens is 226 g/mol. The third-order valence-electron chi connectivity index (χ3n) is 3.56. The molecule has 0 fully saturated rings. The van der Waals surface area contributed by atoms with E-state index in [2.05, 4.69) is 24.0 Å². The van der Waals surface area contributed by atoms with Gasteiger partial charge >= 0.3 is 0 Å². The lowest BCUT2D eigenvalue weighted by atomic mass is 10.1. The number of nitrogens with two attached hydrogens (primary N) is 1. The molecule has 0 aliphatic rings. The van der Waals surface area contributed by atoms with Crippen LogP contribution in [0.3, 0.4) is 0 Å². The van der Waals surface area contributed by atoms with Gasteiger partial charge in [0.05, 0.1) is 11.4 Å². The summed E-state index contributed by atoms with van der Waals surface area (Å²) in [6.07, 6.45) is 0.826. The first-order valence-electron chi connectivity index (χ1n) is 6.23. The highest BCUT2D eigenvalue weighted by atomic mass is 15.4. The monoisotopic (exact) mass is 247 g/mol. The van der Waals surface area contributed by atoms with Crippen LogP contribution in [0.25, 0.3) is 5.82 Å². The van der Waals surface area contributed by atoms with Gasteiger partial charge in [-0.2, -0.15) is 10.2 Å². The molecule has 0 unspecified atom stereocenters. The first-order valence-corrected chi connectivity index (χ1v) is 6.23. The molecule has 0 saturated heterocycles. The summed E-state index contributed by atoms with van der Waals surface area (Å²) in [6, 6.07) is 0. The molecule has 2 rings (SSSR count). The van der Waals surface area contributed by atoms with Crippen LogP contribution in [0.15, 0.2) is 0 Å². The minimum absolute atomic E-state index is 0.623. The Kier molecular flexibility index (Phi) is 3.26. The molecule has 5 nitrogen and oxygen atoms in total. The summed E-state index contributed by atoms with van der Waals surface area (Å²) < 4.78 is 3.87. The van der Waals surface area contributed by atoms with Crippen LogP contribution < -0.4 is 5.73 Å². The lowest BCUT2D eigenvalue weighted by molar-refractivity contribution is 0.679. The van der Waals surface area contributed by atoms with Crippen LogP contribution in [-0.2, 0) is 13.5 Å². The van der Waals surface area contributed by atoms with Gasteiger partial charge < -0.3 is 5.73 Å². The summed E-state index contributed by atoms with van der Waals surface area (Å²) in [5.74, 6) is 1.03. The minimum Gasteiger partial charge on any atom is -0.330 e. The van der Waals surface area contributed by atoms with E-state index in [9.17, 15) is 0 Å². The molecule has 0 radical (unpaired) electrons. The maximum absolute atomic E-state index is 5.69. The Morgan fingerprint density at radius 3 is 2.22 bits per heavy atom. The SMILES string of the molecule is Cc1nn(-c2c(CCN)c(C)nn2C)c(C)c1C. The van der Waals surface area contributed by atoms with Crippen molar-refractivity contribution in [2.75, 3.05) is 6.54 Å². The Labute approximate surface area is 108 Å². The molecule has 2 N–H and O–H groups in total. The van der Waals surface area contributed by atoms with Gasteiger partial charge in [-0.3, -0.25) is 4.68 Å². The molecule has 0 aliphatic heterocycles. The predicted molar refractivity (Wildman–Crippen MR) is 72.0 cm³/mol. The van der Waals surface area contributed by atoms with Crippen LogP contribution in [-0.4, -0.2) is 26.1 Å². The summed E-state index contributed by atoms with van der Waals surface area (Å²) in [7, 11) is 1.95. The molecule has 0 atom stereocenters. The van der Waals surface area contributed by atoms with Crippen molar-refractivity contribution in [1.82, 2.24) is 19.6 Å². The van der Waals surface area contributed by atoms with Crippen molar-refractivity contribution in [3.63, 3.8) is 0 Å². The van der Waals surface area contributed by atoms with Crippen molar-refractivity contribution in [2.24, 2.45) is 12.8 Å². The number of aryl methyl sites for hydroxylation is 3. The molecule has 0 spiro atoms. The van der Waals surface area contributed by atoms with Crippen LogP contribution in [0, 0.1) is 27.7 Å². The van der Waals surface area contributed by atoms with Crippen LogP contribution in [0.2, 0.25) is 0 Å². The lowest BCUT2D eigenvalue weighted by Gasteiger charge is -2.08. The predicted octanol–water partition coefficient (Wildman–Crippen LogP) is 1.34. The van der Waals surface area contributed by atoms with Crippen LogP contribution in [0.5, 0.6) is 0 Å². The first-order chi connectivity index (χ1) is 8.47. The van der Waals surface area contributed by atoms with Crippen molar-refractivity contribution in [3.05, 3.63) is 28.2 Å². The van der Waals surface area contributed by atoms with E-state index in [1.165, 1.54) is 11.1 Å². The van der Waals surface area contributed by atoms with Crippen molar-refractivity contribution in [1.29, 1.82) is 0 Å². The Balaban J connectivity index is 2.66. The quantitative estimate of drug-likeness (QED) is 0.890. The zero-order valence-electron chi connectivity index (χ0n) is 11.8. The van der Waals surface area contributed by atoms with Gasteiger partial charge in [0, 0.05) is 18.3 Å². The molecular formula is C13H21N5. The average Bonchev–Trinajstić information content (AvgIpc) is 2.72. The van der Waals surface area contributed by atoms with E-state index in [0.29, 0.717) is 6.54 Å². The van der Waals surface area contributed by atoms with E-state index >= 15 is 0 Å². The van der Waals surface area contributed by atoms with Gasteiger partial charge in [-0.1, -0.05) is 0 Å². The van der Waals surface area contributed by atoms with Crippen molar-refractivity contribution in [2.45, 2.75) is 34.1 Å². The maximum Gasteiger partial charge on any atom is 0.155 e. The van der Waals surface area contributed by atoms with Crippen molar-refractivity contribution < 1.29 is 0 Å². The molecule has 0 amide bonds. The number of rotatable bonds is 3. The summed E-state index contributed by atoms with van der Waals surface area (Å²) in [4.78, 5) is 0. The fourth-order valence-electron chi connectivity index (χ4n) is 2.32. The second-order valence-corrected chi connectivity index (χ2v) is 4.76.